The van der Waals surface area contributed by atoms with Crippen LogP contribution in [-0.4, -0.2) is 9.97 Å². The van der Waals surface area contributed by atoms with Crippen molar-refractivity contribution in [3.63, 3.8) is 0 Å². The highest BCUT2D eigenvalue weighted by Gasteiger charge is 2.04. The molecule has 0 spiro atoms. The number of rotatable bonds is 2. The number of benzene rings is 1. The van der Waals surface area contributed by atoms with Gasteiger partial charge in [-0.15, -0.1) is 0 Å². The largest absolute Gasteiger partial charge is 0.310 e. The zero-order chi connectivity index (χ0) is 12.4. The van der Waals surface area contributed by atoms with Crippen molar-refractivity contribution in [2.45, 2.75) is 13.3 Å². The van der Waals surface area contributed by atoms with Crippen molar-refractivity contribution in [3.05, 3.63) is 63.3 Å². The van der Waals surface area contributed by atoms with E-state index in [1.165, 1.54) is 18.2 Å². The fourth-order valence-corrected chi connectivity index (χ4v) is 1.63. The summed E-state index contributed by atoms with van der Waals surface area (Å²) in [6.45, 7) is 1.69. The molecule has 1 aromatic carbocycles. The highest BCUT2D eigenvalue weighted by molar-refractivity contribution is 5.21. The number of aryl methyl sites for hydroxylation is 1. The normalized spacial score (nSPS) is 10.5. The summed E-state index contributed by atoms with van der Waals surface area (Å²) in [5.74, 6) is -0.898. The van der Waals surface area contributed by atoms with Crippen molar-refractivity contribution in [1.82, 2.24) is 9.97 Å². The maximum atomic E-state index is 13.0. The summed E-state index contributed by atoms with van der Waals surface area (Å²) in [5, 5.41) is 0. The van der Waals surface area contributed by atoms with Crippen molar-refractivity contribution in [1.29, 1.82) is 0 Å². The van der Waals surface area contributed by atoms with Gasteiger partial charge in [0.1, 0.15) is 17.5 Å². The van der Waals surface area contributed by atoms with Crippen LogP contribution in [-0.2, 0) is 6.42 Å². The van der Waals surface area contributed by atoms with Gasteiger partial charge in [0.2, 0.25) is 0 Å². The summed E-state index contributed by atoms with van der Waals surface area (Å²) in [6.07, 6.45) is 0.186. The third-order valence-electron chi connectivity index (χ3n) is 2.21. The maximum Gasteiger partial charge on any atom is 0.251 e. The molecule has 1 heterocycles. The number of aromatic amines is 1. The number of hydrogen-bond acceptors (Lipinski definition) is 2. The fourth-order valence-electron chi connectivity index (χ4n) is 1.63. The van der Waals surface area contributed by atoms with Gasteiger partial charge in [-0.2, -0.15) is 0 Å². The van der Waals surface area contributed by atoms with Crippen LogP contribution in [0.5, 0.6) is 0 Å². The van der Waals surface area contributed by atoms with Gasteiger partial charge >= 0.3 is 0 Å². The Hall–Kier alpha value is -2.04. The molecule has 0 bridgehead atoms. The van der Waals surface area contributed by atoms with E-state index in [1.54, 1.807) is 6.92 Å². The number of H-pyrrole nitrogens is 1. The molecule has 3 nitrogen and oxygen atoms in total. The van der Waals surface area contributed by atoms with Crippen LogP contribution in [0.25, 0.3) is 0 Å². The van der Waals surface area contributed by atoms with Gasteiger partial charge in [0.25, 0.3) is 5.56 Å². The van der Waals surface area contributed by atoms with Gasteiger partial charge in [-0.3, -0.25) is 4.79 Å². The summed E-state index contributed by atoms with van der Waals surface area (Å²) in [7, 11) is 0. The summed E-state index contributed by atoms with van der Waals surface area (Å²) < 4.78 is 25.9. The van der Waals surface area contributed by atoms with Gasteiger partial charge in [-0.1, -0.05) is 0 Å². The first kappa shape index (κ1) is 11.4. The van der Waals surface area contributed by atoms with Crippen molar-refractivity contribution in [2.75, 3.05) is 0 Å². The van der Waals surface area contributed by atoms with E-state index in [0.29, 0.717) is 17.1 Å². The fraction of sp³-hybridized carbons (Fsp3) is 0.167. The maximum absolute atomic E-state index is 13.0. The molecule has 0 amide bonds. The number of nitrogens with one attached hydrogen (secondary N) is 1. The molecule has 88 valence electrons. The lowest BCUT2D eigenvalue weighted by molar-refractivity contribution is 0.580. The Bertz CT molecular complexity index is 587. The number of hydrogen-bond donors (Lipinski definition) is 1. The summed E-state index contributed by atoms with van der Waals surface area (Å²) in [4.78, 5) is 17.8. The molecule has 5 heteroatoms. The molecule has 0 aliphatic heterocycles. The van der Waals surface area contributed by atoms with Gasteiger partial charge in [-0.25, -0.2) is 13.8 Å². The highest BCUT2D eigenvalue weighted by Crippen LogP contribution is 2.10. The summed E-state index contributed by atoms with van der Waals surface area (Å²) in [5.41, 5.74) is 0.723. The van der Waals surface area contributed by atoms with Crippen LogP contribution in [0.15, 0.2) is 29.1 Å². The number of nitrogens with zero attached hydrogens (tertiary/aromatic N) is 1. The minimum absolute atomic E-state index is 0.186. The van der Waals surface area contributed by atoms with Crippen LogP contribution < -0.4 is 5.56 Å². The van der Waals surface area contributed by atoms with E-state index >= 15 is 0 Å². The van der Waals surface area contributed by atoms with Crippen LogP contribution in [0, 0.1) is 18.6 Å². The summed E-state index contributed by atoms with van der Waals surface area (Å²) >= 11 is 0. The second-order valence-electron chi connectivity index (χ2n) is 3.79. The van der Waals surface area contributed by atoms with Crippen LogP contribution in [0.1, 0.15) is 17.1 Å². The zero-order valence-electron chi connectivity index (χ0n) is 9.13. The highest BCUT2D eigenvalue weighted by atomic mass is 19.1. The smallest absolute Gasteiger partial charge is 0.251 e. The molecular formula is C12H10F2N2O. The van der Waals surface area contributed by atoms with Crippen molar-refractivity contribution in [3.8, 4) is 0 Å². The standard InChI is InChI=1S/C12H10F2N2O/c1-7-2-12(17)16-11(15-7)5-8-3-9(13)6-10(14)4-8/h2-4,6H,5H2,1H3,(H,15,16,17). The van der Waals surface area contributed by atoms with Gasteiger partial charge in [0, 0.05) is 24.2 Å². The topological polar surface area (TPSA) is 45.8 Å². The van der Waals surface area contributed by atoms with Crippen molar-refractivity contribution < 1.29 is 8.78 Å². The first-order chi connectivity index (χ1) is 8.02. The van der Waals surface area contributed by atoms with Gasteiger partial charge in [0.05, 0.1) is 0 Å². The Labute approximate surface area is 96.2 Å². The third-order valence-corrected chi connectivity index (χ3v) is 2.21. The van der Waals surface area contributed by atoms with E-state index in [0.717, 1.165) is 6.07 Å². The lowest BCUT2D eigenvalue weighted by atomic mass is 10.1. The van der Waals surface area contributed by atoms with Gasteiger partial charge < -0.3 is 4.98 Å². The minimum atomic E-state index is -0.644. The molecule has 2 rings (SSSR count). The molecule has 0 aliphatic rings. The van der Waals surface area contributed by atoms with Crippen molar-refractivity contribution >= 4 is 0 Å². The monoisotopic (exact) mass is 236 g/mol. The van der Waals surface area contributed by atoms with Crippen LogP contribution in [0.3, 0.4) is 0 Å². The quantitative estimate of drug-likeness (QED) is 0.866. The van der Waals surface area contributed by atoms with E-state index in [4.69, 9.17) is 0 Å². The molecule has 0 fully saturated rings. The predicted molar refractivity (Wildman–Crippen MR) is 58.8 cm³/mol. The molecule has 0 saturated carbocycles. The molecule has 0 atom stereocenters. The molecule has 0 radical (unpaired) electrons. The first-order valence-corrected chi connectivity index (χ1v) is 5.05. The molecule has 0 unspecified atom stereocenters. The average Bonchev–Trinajstić information content (AvgIpc) is 2.13. The molecule has 0 aliphatic carbocycles. The molecule has 17 heavy (non-hydrogen) atoms. The second-order valence-corrected chi connectivity index (χ2v) is 3.79. The van der Waals surface area contributed by atoms with E-state index in [9.17, 15) is 13.6 Å². The zero-order valence-corrected chi connectivity index (χ0v) is 9.13. The summed E-state index contributed by atoms with van der Waals surface area (Å²) in [6, 6.07) is 4.59. The molecule has 0 saturated heterocycles. The van der Waals surface area contributed by atoms with Crippen LogP contribution in [0.2, 0.25) is 0 Å². The lowest BCUT2D eigenvalue weighted by Crippen LogP contribution is -2.11. The molecule has 1 aromatic heterocycles. The van der Waals surface area contributed by atoms with E-state index < -0.39 is 11.6 Å². The Morgan fingerprint density at radius 3 is 2.41 bits per heavy atom. The third kappa shape index (κ3) is 2.96. The number of aromatic nitrogens is 2. The minimum Gasteiger partial charge on any atom is -0.310 e. The Morgan fingerprint density at radius 1 is 1.18 bits per heavy atom. The predicted octanol–water partition coefficient (Wildman–Crippen LogP) is 1.95. The van der Waals surface area contributed by atoms with Crippen LogP contribution >= 0.6 is 0 Å². The van der Waals surface area contributed by atoms with Gasteiger partial charge in [0.15, 0.2) is 0 Å². The van der Waals surface area contributed by atoms with E-state index in [-0.39, 0.29) is 12.0 Å². The second kappa shape index (κ2) is 4.45. The first-order valence-electron chi connectivity index (χ1n) is 5.05. The van der Waals surface area contributed by atoms with Gasteiger partial charge in [-0.05, 0) is 24.6 Å². The average molecular weight is 236 g/mol. The lowest BCUT2D eigenvalue weighted by Gasteiger charge is -2.02. The van der Waals surface area contributed by atoms with Crippen molar-refractivity contribution in [2.24, 2.45) is 0 Å². The number of halogens is 2. The Balaban J connectivity index is 2.34. The van der Waals surface area contributed by atoms with E-state index in [2.05, 4.69) is 9.97 Å². The molecule has 2 aromatic rings. The van der Waals surface area contributed by atoms with E-state index in [1.807, 2.05) is 0 Å². The molecule has 1 N–H and O–H groups in total. The Morgan fingerprint density at radius 2 is 1.82 bits per heavy atom. The Kier molecular flexibility index (Phi) is 2.99. The van der Waals surface area contributed by atoms with Crippen LogP contribution in [0.4, 0.5) is 8.78 Å². The molecular weight excluding hydrogens is 226 g/mol. The SMILES string of the molecule is Cc1cc(=O)[nH]c(Cc2cc(F)cc(F)c2)n1.